The Labute approximate surface area is 142 Å². The van der Waals surface area contributed by atoms with Gasteiger partial charge in [0.1, 0.15) is 5.82 Å². The molecule has 0 aromatic heterocycles. The molecule has 6 nitrogen and oxygen atoms in total. The second-order valence-electron chi connectivity index (χ2n) is 6.41. The van der Waals surface area contributed by atoms with Crippen molar-refractivity contribution in [1.82, 2.24) is 15.4 Å². The summed E-state index contributed by atoms with van der Waals surface area (Å²) in [5, 5.41) is 6.18. The molecule has 0 radical (unpaired) electrons. The first kappa shape index (κ1) is 18.8. The third-order valence-electron chi connectivity index (χ3n) is 4.03. The van der Waals surface area contributed by atoms with Crippen LogP contribution in [0.15, 0.2) is 23.1 Å². The van der Waals surface area contributed by atoms with Gasteiger partial charge in [-0.1, -0.05) is 13.8 Å². The monoisotopic (exact) mass is 357 g/mol. The number of hydrogen-bond donors (Lipinski definition) is 3. The number of amides is 1. The van der Waals surface area contributed by atoms with E-state index in [0.717, 1.165) is 18.9 Å². The van der Waals surface area contributed by atoms with Crippen molar-refractivity contribution in [3.63, 3.8) is 0 Å². The molecule has 1 aromatic rings. The van der Waals surface area contributed by atoms with E-state index in [1.807, 2.05) is 13.8 Å². The Morgan fingerprint density at radius 1 is 1.29 bits per heavy atom. The van der Waals surface area contributed by atoms with E-state index in [4.69, 9.17) is 0 Å². The summed E-state index contributed by atoms with van der Waals surface area (Å²) in [6.45, 7) is 5.22. The van der Waals surface area contributed by atoms with Crippen molar-refractivity contribution in [1.29, 1.82) is 0 Å². The maximum atomic E-state index is 13.2. The Kier molecular flexibility index (Phi) is 5.95. The van der Waals surface area contributed by atoms with Crippen LogP contribution in [0.1, 0.15) is 32.3 Å². The molecule has 2 rings (SSSR count). The lowest BCUT2D eigenvalue weighted by atomic mass is 9.86. The Morgan fingerprint density at radius 3 is 2.50 bits per heavy atom. The third kappa shape index (κ3) is 4.75. The SMILES string of the molecule is Cc1cc(S(=O)(=O)NCC(=O)N[C@H]2CC[C@H]2NC(C)C)ccc1F. The summed E-state index contributed by atoms with van der Waals surface area (Å²) in [5.74, 6) is -0.849. The molecule has 1 aliphatic rings. The Morgan fingerprint density at radius 2 is 1.96 bits per heavy atom. The van der Waals surface area contributed by atoms with E-state index in [1.54, 1.807) is 0 Å². The van der Waals surface area contributed by atoms with Crippen LogP contribution in [0.3, 0.4) is 0 Å². The molecule has 1 saturated carbocycles. The lowest BCUT2D eigenvalue weighted by Crippen LogP contribution is -2.59. The van der Waals surface area contributed by atoms with Gasteiger partial charge in [0.25, 0.3) is 0 Å². The van der Waals surface area contributed by atoms with Gasteiger partial charge in [-0.15, -0.1) is 0 Å². The number of nitrogens with one attached hydrogen (secondary N) is 3. The standard InChI is InChI=1S/C16H24FN3O3S/c1-10(2)19-14-6-7-15(14)20-16(21)9-18-24(22,23)12-4-5-13(17)11(3)8-12/h4-5,8,10,14-15,18-19H,6-7,9H2,1-3H3,(H,20,21)/t14-,15+/m1/s1. The van der Waals surface area contributed by atoms with Crippen molar-refractivity contribution >= 4 is 15.9 Å². The summed E-state index contributed by atoms with van der Waals surface area (Å²) in [6, 6.07) is 4.10. The van der Waals surface area contributed by atoms with Gasteiger partial charge in [0, 0.05) is 18.1 Å². The first-order valence-corrected chi connectivity index (χ1v) is 9.48. The zero-order valence-electron chi connectivity index (χ0n) is 14.1. The summed E-state index contributed by atoms with van der Waals surface area (Å²) < 4.78 is 39.8. The molecule has 0 spiro atoms. The number of sulfonamides is 1. The molecule has 134 valence electrons. The Balaban J connectivity index is 1.87. The third-order valence-corrected chi connectivity index (χ3v) is 5.43. The van der Waals surface area contributed by atoms with Crippen LogP contribution in [0, 0.1) is 12.7 Å². The molecule has 0 aliphatic heterocycles. The predicted molar refractivity (Wildman–Crippen MR) is 89.5 cm³/mol. The fraction of sp³-hybridized carbons (Fsp3) is 0.562. The summed E-state index contributed by atoms with van der Waals surface area (Å²) >= 11 is 0. The Hall–Kier alpha value is -1.51. The average Bonchev–Trinajstić information content (AvgIpc) is 2.50. The molecule has 2 atom stereocenters. The maximum absolute atomic E-state index is 13.2. The highest BCUT2D eigenvalue weighted by molar-refractivity contribution is 7.89. The van der Waals surface area contributed by atoms with Crippen LogP contribution in [0.2, 0.25) is 0 Å². The van der Waals surface area contributed by atoms with E-state index in [2.05, 4.69) is 15.4 Å². The topological polar surface area (TPSA) is 87.3 Å². The molecule has 1 aromatic carbocycles. The number of benzene rings is 1. The number of halogens is 1. The second-order valence-corrected chi connectivity index (χ2v) is 8.18. The van der Waals surface area contributed by atoms with E-state index in [1.165, 1.54) is 19.1 Å². The first-order chi connectivity index (χ1) is 11.2. The lowest BCUT2D eigenvalue weighted by Gasteiger charge is -2.39. The van der Waals surface area contributed by atoms with E-state index >= 15 is 0 Å². The van der Waals surface area contributed by atoms with Gasteiger partial charge in [0.15, 0.2) is 0 Å². The van der Waals surface area contributed by atoms with E-state index in [0.29, 0.717) is 6.04 Å². The number of aryl methyl sites for hydroxylation is 1. The minimum absolute atomic E-state index is 0.0254. The van der Waals surface area contributed by atoms with E-state index < -0.39 is 15.8 Å². The smallest absolute Gasteiger partial charge is 0.241 e. The van der Waals surface area contributed by atoms with Crippen molar-refractivity contribution in [3.8, 4) is 0 Å². The molecule has 24 heavy (non-hydrogen) atoms. The normalized spacial score (nSPS) is 20.7. The van der Waals surface area contributed by atoms with Crippen molar-refractivity contribution in [2.24, 2.45) is 0 Å². The van der Waals surface area contributed by atoms with Crippen LogP contribution in [0.4, 0.5) is 4.39 Å². The minimum atomic E-state index is -3.84. The predicted octanol–water partition coefficient (Wildman–Crippen LogP) is 1.06. The molecule has 0 heterocycles. The number of carbonyl (C=O) groups is 1. The van der Waals surface area contributed by atoms with Gasteiger partial charge in [0.05, 0.1) is 11.4 Å². The van der Waals surface area contributed by atoms with Crippen molar-refractivity contribution < 1.29 is 17.6 Å². The van der Waals surface area contributed by atoms with Crippen molar-refractivity contribution in [2.75, 3.05) is 6.54 Å². The summed E-state index contributed by atoms with van der Waals surface area (Å²) in [4.78, 5) is 11.9. The maximum Gasteiger partial charge on any atom is 0.241 e. The number of carbonyl (C=O) groups excluding carboxylic acids is 1. The summed E-state index contributed by atoms with van der Waals surface area (Å²) in [7, 11) is -3.84. The van der Waals surface area contributed by atoms with Crippen molar-refractivity contribution in [2.45, 2.75) is 56.6 Å². The van der Waals surface area contributed by atoms with Gasteiger partial charge in [-0.05, 0) is 43.5 Å². The molecule has 3 N–H and O–H groups in total. The molecular formula is C16H24FN3O3S. The number of hydrogen-bond acceptors (Lipinski definition) is 4. The molecule has 0 saturated heterocycles. The van der Waals surface area contributed by atoms with Crippen molar-refractivity contribution in [3.05, 3.63) is 29.6 Å². The van der Waals surface area contributed by atoms with Crippen LogP contribution in [0.5, 0.6) is 0 Å². The highest BCUT2D eigenvalue weighted by Crippen LogP contribution is 2.20. The average molecular weight is 357 g/mol. The highest BCUT2D eigenvalue weighted by Gasteiger charge is 2.32. The Bertz CT molecular complexity index is 707. The lowest BCUT2D eigenvalue weighted by molar-refractivity contribution is -0.121. The molecule has 1 amide bonds. The molecule has 1 aliphatic carbocycles. The molecule has 0 unspecified atom stereocenters. The largest absolute Gasteiger partial charge is 0.351 e. The number of rotatable bonds is 7. The van der Waals surface area contributed by atoms with Crippen LogP contribution in [-0.2, 0) is 14.8 Å². The fourth-order valence-electron chi connectivity index (χ4n) is 2.59. The van der Waals surface area contributed by atoms with Crippen LogP contribution >= 0.6 is 0 Å². The zero-order valence-corrected chi connectivity index (χ0v) is 14.9. The zero-order chi connectivity index (χ0) is 17.9. The van der Waals surface area contributed by atoms with Gasteiger partial charge in [-0.3, -0.25) is 4.79 Å². The van der Waals surface area contributed by atoms with Gasteiger partial charge < -0.3 is 10.6 Å². The quantitative estimate of drug-likeness (QED) is 0.681. The van der Waals surface area contributed by atoms with Crippen LogP contribution in [-0.4, -0.2) is 39.0 Å². The highest BCUT2D eigenvalue weighted by atomic mass is 32.2. The minimum Gasteiger partial charge on any atom is -0.351 e. The molecule has 8 heteroatoms. The molecule has 1 fully saturated rings. The van der Waals surface area contributed by atoms with Crippen LogP contribution in [0.25, 0.3) is 0 Å². The summed E-state index contributed by atoms with van der Waals surface area (Å²) in [6.07, 6.45) is 1.86. The fourth-order valence-corrected chi connectivity index (χ4v) is 3.65. The van der Waals surface area contributed by atoms with Gasteiger partial charge in [0.2, 0.25) is 15.9 Å². The van der Waals surface area contributed by atoms with E-state index in [9.17, 15) is 17.6 Å². The molecule has 0 bridgehead atoms. The summed E-state index contributed by atoms with van der Waals surface area (Å²) in [5.41, 5.74) is 0.236. The van der Waals surface area contributed by atoms with E-state index in [-0.39, 0.29) is 35.0 Å². The van der Waals surface area contributed by atoms with Gasteiger partial charge in [-0.25, -0.2) is 17.5 Å². The van der Waals surface area contributed by atoms with Gasteiger partial charge >= 0.3 is 0 Å². The first-order valence-electron chi connectivity index (χ1n) is 8.00. The second kappa shape index (κ2) is 7.58. The van der Waals surface area contributed by atoms with Crippen LogP contribution < -0.4 is 15.4 Å². The molecular weight excluding hydrogens is 333 g/mol. The van der Waals surface area contributed by atoms with Gasteiger partial charge in [-0.2, -0.15) is 0 Å².